The lowest BCUT2D eigenvalue weighted by atomic mass is 10.1. The van der Waals surface area contributed by atoms with E-state index in [-0.39, 0.29) is 5.91 Å². The highest BCUT2D eigenvalue weighted by Gasteiger charge is 2.37. The monoisotopic (exact) mass is 175 g/mol. The van der Waals surface area contributed by atoms with Crippen LogP contribution < -0.4 is 5.32 Å². The van der Waals surface area contributed by atoms with E-state index in [1.54, 1.807) is 0 Å². The molecule has 0 heterocycles. The zero-order chi connectivity index (χ0) is 8.32. The van der Waals surface area contributed by atoms with Crippen LogP contribution in [-0.4, -0.2) is 18.3 Å². The highest BCUT2D eigenvalue weighted by atomic mass is 35.5. The molecule has 0 aliphatic heterocycles. The minimum absolute atomic E-state index is 0.0770. The number of carbonyl (C=O) groups excluding carboxylic acids is 1. The molecule has 1 saturated carbocycles. The summed E-state index contributed by atoms with van der Waals surface area (Å²) in [6.45, 7) is 3.01. The lowest BCUT2D eigenvalue weighted by Crippen LogP contribution is -2.28. The molecule has 1 rings (SSSR count). The van der Waals surface area contributed by atoms with E-state index >= 15 is 0 Å². The number of hydrogen-bond donors (Lipinski definition) is 1. The Hall–Kier alpha value is -0.240. The van der Waals surface area contributed by atoms with Gasteiger partial charge in [-0.3, -0.25) is 4.79 Å². The molecule has 0 radical (unpaired) electrons. The zero-order valence-electron chi connectivity index (χ0n) is 6.82. The van der Waals surface area contributed by atoms with Crippen LogP contribution in [-0.2, 0) is 4.79 Å². The fourth-order valence-electron chi connectivity index (χ4n) is 0.876. The maximum absolute atomic E-state index is 10.9. The molecule has 3 heteroatoms. The minimum Gasteiger partial charge on any atom is -0.356 e. The molecule has 1 aliphatic carbocycles. The molecule has 0 unspecified atom stereocenters. The van der Waals surface area contributed by atoms with Gasteiger partial charge in [-0.05, 0) is 18.3 Å². The largest absolute Gasteiger partial charge is 0.356 e. The van der Waals surface area contributed by atoms with Gasteiger partial charge in [0.25, 0.3) is 0 Å². The van der Waals surface area contributed by atoms with Gasteiger partial charge in [0, 0.05) is 18.8 Å². The van der Waals surface area contributed by atoms with Crippen LogP contribution in [0.15, 0.2) is 0 Å². The lowest BCUT2D eigenvalue weighted by Gasteiger charge is -2.08. The van der Waals surface area contributed by atoms with Gasteiger partial charge in [-0.1, -0.05) is 6.92 Å². The summed E-state index contributed by atoms with van der Waals surface area (Å²) in [7, 11) is 0. The van der Waals surface area contributed by atoms with Crippen molar-refractivity contribution in [2.24, 2.45) is 5.41 Å². The highest BCUT2D eigenvalue weighted by molar-refractivity contribution is 6.18. The van der Waals surface area contributed by atoms with Crippen LogP contribution in [0.2, 0.25) is 0 Å². The van der Waals surface area contributed by atoms with Crippen molar-refractivity contribution in [2.75, 3.05) is 12.4 Å². The average molecular weight is 176 g/mol. The van der Waals surface area contributed by atoms with Crippen LogP contribution in [0.1, 0.15) is 26.2 Å². The molecule has 2 nitrogen and oxygen atoms in total. The van der Waals surface area contributed by atoms with Crippen molar-refractivity contribution in [1.29, 1.82) is 0 Å². The molecular formula is C8H14ClNO. The fraction of sp³-hybridized carbons (Fsp3) is 0.875. The molecule has 0 saturated heterocycles. The molecule has 11 heavy (non-hydrogen) atoms. The van der Waals surface area contributed by atoms with Crippen molar-refractivity contribution in [3.63, 3.8) is 0 Å². The first-order valence-electron chi connectivity index (χ1n) is 3.99. The van der Waals surface area contributed by atoms with Crippen LogP contribution in [0, 0.1) is 5.41 Å². The molecule has 1 fully saturated rings. The molecule has 0 aromatic heterocycles. The molecule has 0 aromatic carbocycles. The van der Waals surface area contributed by atoms with Crippen molar-refractivity contribution < 1.29 is 4.79 Å². The Balaban J connectivity index is 2.06. The number of halogens is 1. The van der Waals surface area contributed by atoms with Crippen molar-refractivity contribution in [1.82, 2.24) is 5.32 Å². The second-order valence-electron chi connectivity index (χ2n) is 3.53. The molecular weight excluding hydrogens is 162 g/mol. The molecule has 1 N–H and O–H groups in total. The van der Waals surface area contributed by atoms with Crippen LogP contribution in [0.25, 0.3) is 0 Å². The maximum Gasteiger partial charge on any atom is 0.221 e. The van der Waals surface area contributed by atoms with Gasteiger partial charge in [-0.25, -0.2) is 0 Å². The number of carbonyl (C=O) groups is 1. The van der Waals surface area contributed by atoms with E-state index in [0.717, 1.165) is 6.54 Å². The third-order valence-electron chi connectivity index (χ3n) is 2.14. The first-order chi connectivity index (χ1) is 5.16. The summed E-state index contributed by atoms with van der Waals surface area (Å²) in [6, 6.07) is 0. The van der Waals surface area contributed by atoms with Crippen molar-refractivity contribution in [2.45, 2.75) is 26.2 Å². The lowest BCUT2D eigenvalue weighted by molar-refractivity contribution is -0.120. The van der Waals surface area contributed by atoms with Gasteiger partial charge in [0.2, 0.25) is 5.91 Å². The number of nitrogens with one attached hydrogen (secondary N) is 1. The van der Waals surface area contributed by atoms with Gasteiger partial charge < -0.3 is 5.32 Å². The summed E-state index contributed by atoms with van der Waals surface area (Å²) in [6.07, 6.45) is 2.93. The summed E-state index contributed by atoms with van der Waals surface area (Å²) >= 11 is 5.40. The number of rotatable bonds is 4. The third-order valence-corrected chi connectivity index (χ3v) is 2.33. The van der Waals surface area contributed by atoms with Crippen molar-refractivity contribution in [3.05, 3.63) is 0 Å². The summed E-state index contributed by atoms with van der Waals surface area (Å²) in [5, 5.41) is 2.86. The Morgan fingerprint density at radius 2 is 2.27 bits per heavy atom. The number of amides is 1. The quantitative estimate of drug-likeness (QED) is 0.646. The standard InChI is InChI=1S/C8H14ClNO/c1-8(3-4-8)6-10-7(11)2-5-9/h2-6H2,1H3,(H,10,11). The summed E-state index contributed by atoms with van der Waals surface area (Å²) in [5.41, 5.74) is 0.405. The van der Waals surface area contributed by atoms with Crippen LogP contribution in [0.5, 0.6) is 0 Å². The maximum atomic E-state index is 10.9. The fourth-order valence-corrected chi connectivity index (χ4v) is 1.05. The highest BCUT2D eigenvalue weighted by Crippen LogP contribution is 2.43. The molecule has 0 aromatic rings. The van der Waals surface area contributed by atoms with E-state index in [1.165, 1.54) is 12.8 Å². The van der Waals surface area contributed by atoms with E-state index in [4.69, 9.17) is 11.6 Å². The van der Waals surface area contributed by atoms with Gasteiger partial charge in [0.1, 0.15) is 0 Å². The normalized spacial score (nSPS) is 19.5. The Bertz CT molecular complexity index is 154. The second-order valence-corrected chi connectivity index (χ2v) is 3.90. The summed E-state index contributed by atoms with van der Waals surface area (Å²) < 4.78 is 0. The van der Waals surface area contributed by atoms with E-state index < -0.39 is 0 Å². The second kappa shape index (κ2) is 3.44. The first kappa shape index (κ1) is 8.85. The predicted octanol–water partition coefficient (Wildman–Crippen LogP) is 1.53. The van der Waals surface area contributed by atoms with Crippen molar-refractivity contribution >= 4 is 17.5 Å². The van der Waals surface area contributed by atoms with Gasteiger partial charge in [0.05, 0.1) is 0 Å². The van der Waals surface area contributed by atoms with Crippen molar-refractivity contribution in [3.8, 4) is 0 Å². The molecule has 0 spiro atoms. The average Bonchev–Trinajstić information content (AvgIpc) is 2.66. The Kier molecular flexibility index (Phi) is 2.77. The van der Waals surface area contributed by atoms with E-state index in [1.807, 2.05) is 0 Å². The topological polar surface area (TPSA) is 29.1 Å². The van der Waals surface area contributed by atoms with Gasteiger partial charge in [-0.2, -0.15) is 0 Å². The molecule has 1 amide bonds. The molecule has 0 bridgehead atoms. The summed E-state index contributed by atoms with van der Waals surface area (Å²) in [4.78, 5) is 10.9. The Morgan fingerprint density at radius 3 is 2.73 bits per heavy atom. The van der Waals surface area contributed by atoms with Gasteiger partial charge in [0.15, 0.2) is 0 Å². The predicted molar refractivity (Wildman–Crippen MR) is 45.7 cm³/mol. The first-order valence-corrected chi connectivity index (χ1v) is 4.52. The molecule has 64 valence electrons. The van der Waals surface area contributed by atoms with Crippen LogP contribution in [0.3, 0.4) is 0 Å². The van der Waals surface area contributed by atoms with E-state index in [9.17, 15) is 4.79 Å². The van der Waals surface area contributed by atoms with Gasteiger partial charge in [-0.15, -0.1) is 11.6 Å². The molecule has 0 atom stereocenters. The number of alkyl halides is 1. The van der Waals surface area contributed by atoms with Crippen LogP contribution in [0.4, 0.5) is 0 Å². The van der Waals surface area contributed by atoms with E-state index in [2.05, 4.69) is 12.2 Å². The third kappa shape index (κ3) is 3.10. The summed E-state index contributed by atoms with van der Waals surface area (Å²) in [5.74, 6) is 0.496. The van der Waals surface area contributed by atoms with Crippen LogP contribution >= 0.6 is 11.6 Å². The molecule has 1 aliphatic rings. The Morgan fingerprint density at radius 1 is 1.64 bits per heavy atom. The SMILES string of the molecule is CC1(CNC(=O)CCCl)CC1. The Labute approximate surface area is 72.3 Å². The minimum atomic E-state index is 0.0770. The van der Waals surface area contributed by atoms with Gasteiger partial charge >= 0.3 is 0 Å². The smallest absolute Gasteiger partial charge is 0.221 e. The number of hydrogen-bond acceptors (Lipinski definition) is 1. The van der Waals surface area contributed by atoms with E-state index in [0.29, 0.717) is 17.7 Å². The zero-order valence-corrected chi connectivity index (χ0v) is 7.58.